The summed E-state index contributed by atoms with van der Waals surface area (Å²) in [6, 6.07) is 9.21. The number of aromatic nitrogens is 1. The van der Waals surface area contributed by atoms with Crippen LogP contribution in [0.3, 0.4) is 0 Å². The lowest BCUT2D eigenvalue weighted by molar-refractivity contribution is 1.30. The van der Waals surface area contributed by atoms with Crippen LogP contribution in [0, 0.1) is 11.3 Å². The molecule has 84 valence electrons. The Balaban J connectivity index is 2.32. The highest BCUT2D eigenvalue weighted by molar-refractivity contribution is 9.10. The first-order chi connectivity index (χ1) is 8.20. The number of rotatable bonds is 2. The Hall–Kier alpha value is -1.57. The van der Waals surface area contributed by atoms with Crippen molar-refractivity contribution in [2.24, 2.45) is 0 Å². The molecule has 1 heterocycles. The SMILES string of the molecule is N#Cc1ccncc1Nc1ccc(Cl)c(Br)c1. The molecule has 0 amide bonds. The minimum Gasteiger partial charge on any atom is -0.353 e. The van der Waals surface area contributed by atoms with Crippen LogP contribution < -0.4 is 5.32 Å². The fraction of sp³-hybridized carbons (Fsp3) is 0. The quantitative estimate of drug-likeness (QED) is 0.908. The van der Waals surface area contributed by atoms with Crippen LogP contribution >= 0.6 is 27.5 Å². The topological polar surface area (TPSA) is 48.7 Å². The van der Waals surface area contributed by atoms with Crippen LogP contribution in [0.4, 0.5) is 11.4 Å². The molecular weight excluding hydrogens is 302 g/mol. The third kappa shape index (κ3) is 2.76. The Kier molecular flexibility index (Phi) is 3.62. The zero-order valence-corrected chi connectivity index (χ0v) is 11.0. The molecule has 1 N–H and O–H groups in total. The molecule has 0 radical (unpaired) electrons. The first-order valence-electron chi connectivity index (χ1n) is 4.77. The van der Waals surface area contributed by atoms with Crippen molar-refractivity contribution in [1.82, 2.24) is 4.98 Å². The van der Waals surface area contributed by atoms with Crippen LogP contribution in [0.1, 0.15) is 5.56 Å². The lowest BCUT2D eigenvalue weighted by atomic mass is 10.2. The number of hydrogen-bond donors (Lipinski definition) is 1. The van der Waals surface area contributed by atoms with Crippen molar-refractivity contribution in [2.75, 3.05) is 5.32 Å². The molecule has 0 bridgehead atoms. The summed E-state index contributed by atoms with van der Waals surface area (Å²) in [6.07, 6.45) is 3.20. The maximum absolute atomic E-state index is 8.95. The molecule has 1 aromatic heterocycles. The van der Waals surface area contributed by atoms with E-state index in [1.165, 1.54) is 0 Å². The summed E-state index contributed by atoms with van der Waals surface area (Å²) in [4.78, 5) is 3.98. The second-order valence-corrected chi connectivity index (χ2v) is 4.55. The smallest absolute Gasteiger partial charge is 0.101 e. The summed E-state index contributed by atoms with van der Waals surface area (Å²) in [5, 5.41) is 12.7. The normalized spacial score (nSPS) is 9.71. The van der Waals surface area contributed by atoms with Gasteiger partial charge in [-0.3, -0.25) is 4.98 Å². The average molecular weight is 309 g/mol. The molecule has 3 nitrogen and oxygen atoms in total. The van der Waals surface area contributed by atoms with Gasteiger partial charge in [0.1, 0.15) is 6.07 Å². The number of benzene rings is 1. The molecule has 1 aromatic carbocycles. The van der Waals surface area contributed by atoms with Gasteiger partial charge in [-0.05, 0) is 40.2 Å². The Morgan fingerprint density at radius 3 is 2.88 bits per heavy atom. The molecule has 0 spiro atoms. The maximum atomic E-state index is 8.95. The molecule has 0 saturated heterocycles. The van der Waals surface area contributed by atoms with Crippen LogP contribution in [0.5, 0.6) is 0 Å². The minimum atomic E-state index is 0.547. The second kappa shape index (κ2) is 5.17. The number of hydrogen-bond acceptors (Lipinski definition) is 3. The van der Waals surface area contributed by atoms with Crippen LogP contribution in [0.25, 0.3) is 0 Å². The summed E-state index contributed by atoms with van der Waals surface area (Å²) in [5.41, 5.74) is 2.06. The third-order valence-corrected chi connectivity index (χ3v) is 3.35. The van der Waals surface area contributed by atoms with Gasteiger partial charge in [0.2, 0.25) is 0 Å². The van der Waals surface area contributed by atoms with Gasteiger partial charge in [-0.1, -0.05) is 11.6 Å². The van der Waals surface area contributed by atoms with E-state index in [0.717, 1.165) is 10.2 Å². The molecule has 2 aromatic rings. The number of pyridine rings is 1. The van der Waals surface area contributed by atoms with Crippen LogP contribution in [-0.4, -0.2) is 4.98 Å². The molecule has 0 fully saturated rings. The molecule has 17 heavy (non-hydrogen) atoms. The molecule has 0 saturated carbocycles. The lowest BCUT2D eigenvalue weighted by Crippen LogP contribution is -1.94. The highest BCUT2D eigenvalue weighted by atomic mass is 79.9. The Morgan fingerprint density at radius 2 is 2.18 bits per heavy atom. The van der Waals surface area contributed by atoms with Gasteiger partial charge in [-0.15, -0.1) is 0 Å². The van der Waals surface area contributed by atoms with Crippen molar-refractivity contribution >= 4 is 38.9 Å². The predicted octanol–water partition coefficient (Wildman–Crippen LogP) is 4.11. The molecule has 0 aliphatic heterocycles. The molecule has 0 atom stereocenters. The molecule has 2 rings (SSSR count). The van der Waals surface area contributed by atoms with Gasteiger partial charge in [0, 0.05) is 16.4 Å². The fourth-order valence-electron chi connectivity index (χ4n) is 1.32. The standard InChI is InChI=1S/C12H7BrClN3/c13-10-5-9(1-2-11(10)14)17-12-7-16-4-3-8(12)6-15/h1-5,7,17H. The van der Waals surface area contributed by atoms with Crippen LogP contribution in [0.15, 0.2) is 41.1 Å². The van der Waals surface area contributed by atoms with E-state index in [0.29, 0.717) is 16.3 Å². The number of nitrogens with one attached hydrogen (secondary N) is 1. The van der Waals surface area contributed by atoms with E-state index >= 15 is 0 Å². The van der Waals surface area contributed by atoms with Gasteiger partial charge in [0.25, 0.3) is 0 Å². The van der Waals surface area contributed by atoms with Crippen LogP contribution in [-0.2, 0) is 0 Å². The van der Waals surface area contributed by atoms with Crippen molar-refractivity contribution in [2.45, 2.75) is 0 Å². The third-order valence-electron chi connectivity index (χ3n) is 2.14. The van der Waals surface area contributed by atoms with E-state index < -0.39 is 0 Å². The van der Waals surface area contributed by atoms with E-state index in [4.69, 9.17) is 16.9 Å². The number of nitriles is 1. The van der Waals surface area contributed by atoms with Gasteiger partial charge >= 0.3 is 0 Å². The Bertz CT molecular complexity index is 593. The van der Waals surface area contributed by atoms with Crippen molar-refractivity contribution in [3.05, 3.63) is 51.7 Å². The average Bonchev–Trinajstić information content (AvgIpc) is 2.34. The van der Waals surface area contributed by atoms with E-state index in [1.54, 1.807) is 24.5 Å². The van der Waals surface area contributed by atoms with E-state index in [9.17, 15) is 0 Å². The zero-order valence-electron chi connectivity index (χ0n) is 8.61. The van der Waals surface area contributed by atoms with Crippen molar-refractivity contribution in [3.8, 4) is 6.07 Å². The summed E-state index contributed by atoms with van der Waals surface area (Å²) in [6.45, 7) is 0. The first-order valence-corrected chi connectivity index (χ1v) is 5.94. The molecule has 0 unspecified atom stereocenters. The highest BCUT2D eigenvalue weighted by Crippen LogP contribution is 2.27. The van der Waals surface area contributed by atoms with Crippen molar-refractivity contribution in [1.29, 1.82) is 5.26 Å². The fourth-order valence-corrected chi connectivity index (χ4v) is 1.82. The van der Waals surface area contributed by atoms with Crippen molar-refractivity contribution < 1.29 is 0 Å². The molecule has 0 aliphatic carbocycles. The molecular formula is C12H7BrClN3. The monoisotopic (exact) mass is 307 g/mol. The summed E-state index contributed by atoms with van der Waals surface area (Å²) in [7, 11) is 0. The maximum Gasteiger partial charge on any atom is 0.101 e. The minimum absolute atomic E-state index is 0.547. The van der Waals surface area contributed by atoms with Gasteiger partial charge in [0.15, 0.2) is 0 Å². The van der Waals surface area contributed by atoms with E-state index in [1.807, 2.05) is 12.1 Å². The Morgan fingerprint density at radius 1 is 1.35 bits per heavy atom. The number of halogens is 2. The number of nitrogens with zero attached hydrogens (tertiary/aromatic N) is 2. The van der Waals surface area contributed by atoms with Gasteiger partial charge in [-0.25, -0.2) is 0 Å². The van der Waals surface area contributed by atoms with Gasteiger partial charge < -0.3 is 5.32 Å². The summed E-state index contributed by atoms with van der Waals surface area (Å²) in [5.74, 6) is 0. The van der Waals surface area contributed by atoms with E-state index in [2.05, 4.69) is 32.3 Å². The summed E-state index contributed by atoms with van der Waals surface area (Å²) < 4.78 is 0.798. The predicted molar refractivity (Wildman–Crippen MR) is 71.4 cm³/mol. The summed E-state index contributed by atoms with van der Waals surface area (Å²) >= 11 is 9.25. The molecule has 5 heteroatoms. The van der Waals surface area contributed by atoms with Gasteiger partial charge in [0.05, 0.1) is 22.5 Å². The first kappa shape index (κ1) is 11.9. The second-order valence-electron chi connectivity index (χ2n) is 3.29. The largest absolute Gasteiger partial charge is 0.353 e. The Labute approximate surface area is 112 Å². The lowest BCUT2D eigenvalue weighted by Gasteiger charge is -2.08. The highest BCUT2D eigenvalue weighted by Gasteiger charge is 2.03. The molecule has 0 aliphatic rings. The zero-order chi connectivity index (χ0) is 12.3. The van der Waals surface area contributed by atoms with Gasteiger partial charge in [-0.2, -0.15) is 5.26 Å². The van der Waals surface area contributed by atoms with Crippen LogP contribution in [0.2, 0.25) is 5.02 Å². The van der Waals surface area contributed by atoms with E-state index in [-0.39, 0.29) is 0 Å². The number of anilines is 2. The van der Waals surface area contributed by atoms with Crippen molar-refractivity contribution in [3.63, 3.8) is 0 Å².